The Morgan fingerprint density at radius 1 is 1.28 bits per heavy atom. The highest BCUT2D eigenvalue weighted by Gasteiger charge is 2.14. The van der Waals surface area contributed by atoms with Gasteiger partial charge in [0.2, 0.25) is 0 Å². The van der Waals surface area contributed by atoms with Crippen LogP contribution >= 0.6 is 0 Å². The van der Waals surface area contributed by atoms with E-state index in [0.717, 1.165) is 25.2 Å². The van der Waals surface area contributed by atoms with Crippen LogP contribution in [0.3, 0.4) is 0 Å². The number of hydrogen-bond acceptors (Lipinski definition) is 2. The molecule has 1 heterocycles. The molecule has 0 spiro atoms. The van der Waals surface area contributed by atoms with E-state index in [1.165, 1.54) is 11.3 Å². The first kappa shape index (κ1) is 14.8. The van der Waals surface area contributed by atoms with Crippen LogP contribution in [0.25, 0.3) is 0 Å². The van der Waals surface area contributed by atoms with Gasteiger partial charge in [-0.25, -0.2) is 0 Å². The number of nitrogens with one attached hydrogen (secondary N) is 1. The Bertz CT molecular complexity index is 453. The van der Waals surface area contributed by atoms with E-state index in [0.29, 0.717) is 0 Å². The molecule has 0 saturated carbocycles. The second kappa shape index (κ2) is 6.06. The van der Waals surface area contributed by atoms with E-state index in [1.54, 1.807) is 0 Å². The topological polar surface area (TPSA) is 29.9 Å². The van der Waals surface area contributed by atoms with E-state index in [9.17, 15) is 0 Å². The monoisotopic (exact) mass is 247 g/mol. The zero-order valence-electron chi connectivity index (χ0n) is 12.5. The highest BCUT2D eigenvalue weighted by atomic mass is 15.3. The normalized spacial score (nSPS) is 11.2. The summed E-state index contributed by atoms with van der Waals surface area (Å²) in [5, 5.41) is 8.11. The average molecular weight is 247 g/mol. The van der Waals surface area contributed by atoms with Crippen molar-refractivity contribution in [1.29, 1.82) is 0 Å². The summed E-state index contributed by atoms with van der Waals surface area (Å²) in [6.07, 6.45) is 0.866. The molecule has 3 heteroatoms. The van der Waals surface area contributed by atoms with Crippen LogP contribution in [0, 0.1) is 25.7 Å². The van der Waals surface area contributed by atoms with Crippen molar-refractivity contribution in [2.24, 2.45) is 0 Å². The second-order valence-electron chi connectivity index (χ2n) is 5.65. The van der Waals surface area contributed by atoms with Crippen LogP contribution in [0.1, 0.15) is 51.1 Å². The molecule has 0 aliphatic carbocycles. The van der Waals surface area contributed by atoms with Crippen LogP contribution in [0.5, 0.6) is 0 Å². The first-order chi connectivity index (χ1) is 8.35. The predicted molar refractivity (Wildman–Crippen MR) is 76.4 cm³/mol. The van der Waals surface area contributed by atoms with Gasteiger partial charge >= 0.3 is 0 Å². The molecule has 0 amide bonds. The van der Waals surface area contributed by atoms with Crippen molar-refractivity contribution >= 4 is 0 Å². The minimum absolute atomic E-state index is 0.134. The third-order valence-electron chi connectivity index (χ3n) is 2.95. The zero-order valence-corrected chi connectivity index (χ0v) is 12.5. The maximum absolute atomic E-state index is 4.59. The number of nitrogens with zero attached hydrogens (tertiary/aromatic N) is 2. The van der Waals surface area contributed by atoms with E-state index >= 15 is 0 Å². The molecule has 3 nitrogen and oxygen atoms in total. The molecular formula is C15H25N3. The molecule has 0 atom stereocenters. The first-order valence-corrected chi connectivity index (χ1v) is 6.52. The summed E-state index contributed by atoms with van der Waals surface area (Å²) in [5.41, 5.74) is 3.82. The molecule has 1 N–H and O–H groups in total. The summed E-state index contributed by atoms with van der Waals surface area (Å²) in [6, 6.07) is 0. The van der Waals surface area contributed by atoms with Crippen LogP contribution in [0.4, 0.5) is 0 Å². The smallest absolute Gasteiger partial charge is 0.0641 e. The minimum Gasteiger partial charge on any atom is -0.308 e. The van der Waals surface area contributed by atoms with Gasteiger partial charge in [-0.2, -0.15) is 5.10 Å². The standard InChI is InChI=1S/C15H25N3/c1-7-8-9-10-18-13(3)14(12(2)17-18)11-16-15(4,5)6/h16H,9-11H2,1-6H3. The summed E-state index contributed by atoms with van der Waals surface area (Å²) >= 11 is 0. The van der Waals surface area contributed by atoms with Crippen molar-refractivity contribution in [1.82, 2.24) is 15.1 Å². The molecule has 0 bridgehead atoms. The Labute approximate surface area is 111 Å². The zero-order chi connectivity index (χ0) is 13.8. The Hall–Kier alpha value is -1.27. The molecule has 0 unspecified atom stereocenters. The summed E-state index contributed by atoms with van der Waals surface area (Å²) in [7, 11) is 0. The van der Waals surface area contributed by atoms with Crippen molar-refractivity contribution < 1.29 is 0 Å². The highest BCUT2D eigenvalue weighted by Crippen LogP contribution is 2.14. The van der Waals surface area contributed by atoms with E-state index < -0.39 is 0 Å². The summed E-state index contributed by atoms with van der Waals surface area (Å²) in [6.45, 7) is 14.4. The number of aromatic nitrogens is 2. The molecule has 100 valence electrons. The van der Waals surface area contributed by atoms with Crippen LogP contribution in [-0.4, -0.2) is 15.3 Å². The fraction of sp³-hybridized carbons (Fsp3) is 0.667. The van der Waals surface area contributed by atoms with Gasteiger partial charge in [-0.15, -0.1) is 11.8 Å². The highest BCUT2D eigenvalue weighted by molar-refractivity contribution is 5.24. The van der Waals surface area contributed by atoms with Gasteiger partial charge in [-0.1, -0.05) is 0 Å². The molecule has 18 heavy (non-hydrogen) atoms. The van der Waals surface area contributed by atoms with Crippen molar-refractivity contribution in [3.05, 3.63) is 17.0 Å². The van der Waals surface area contributed by atoms with E-state index in [2.05, 4.69) is 61.6 Å². The Morgan fingerprint density at radius 2 is 1.94 bits per heavy atom. The first-order valence-electron chi connectivity index (χ1n) is 6.52. The van der Waals surface area contributed by atoms with Crippen molar-refractivity contribution in [2.75, 3.05) is 0 Å². The molecule has 0 aromatic carbocycles. The number of aryl methyl sites for hydroxylation is 2. The molecule has 0 radical (unpaired) electrons. The van der Waals surface area contributed by atoms with Gasteiger partial charge in [0.25, 0.3) is 0 Å². The summed E-state index contributed by atoms with van der Waals surface area (Å²) in [5.74, 6) is 6.00. The van der Waals surface area contributed by atoms with Crippen molar-refractivity contribution in [2.45, 2.75) is 66.6 Å². The fourth-order valence-corrected chi connectivity index (χ4v) is 1.85. The lowest BCUT2D eigenvalue weighted by Crippen LogP contribution is -2.35. The van der Waals surface area contributed by atoms with Gasteiger partial charge in [-0.05, 0) is 41.5 Å². The minimum atomic E-state index is 0.134. The lowest BCUT2D eigenvalue weighted by atomic mass is 10.1. The molecule has 1 aromatic heterocycles. The van der Waals surface area contributed by atoms with Gasteiger partial charge in [0.05, 0.1) is 12.2 Å². The third kappa shape index (κ3) is 4.19. The number of hydrogen-bond donors (Lipinski definition) is 1. The van der Waals surface area contributed by atoms with E-state index in [1.807, 2.05) is 6.92 Å². The predicted octanol–water partition coefficient (Wildman–Crippen LogP) is 2.80. The quantitative estimate of drug-likeness (QED) is 0.829. The van der Waals surface area contributed by atoms with Crippen LogP contribution in [-0.2, 0) is 13.1 Å². The van der Waals surface area contributed by atoms with Crippen LogP contribution in [0.2, 0.25) is 0 Å². The lowest BCUT2D eigenvalue weighted by molar-refractivity contribution is 0.423. The Kier molecular flexibility index (Phi) is 4.98. The SMILES string of the molecule is CC#CCCn1nc(C)c(CNC(C)(C)C)c1C. The summed E-state index contributed by atoms with van der Waals surface area (Å²) < 4.78 is 2.07. The van der Waals surface area contributed by atoms with Crippen LogP contribution in [0.15, 0.2) is 0 Å². The van der Waals surface area contributed by atoms with Crippen LogP contribution < -0.4 is 5.32 Å². The van der Waals surface area contributed by atoms with Crippen molar-refractivity contribution in [3.8, 4) is 11.8 Å². The molecule has 1 rings (SSSR count). The largest absolute Gasteiger partial charge is 0.308 e. The van der Waals surface area contributed by atoms with Gasteiger partial charge in [0.15, 0.2) is 0 Å². The Morgan fingerprint density at radius 3 is 2.50 bits per heavy atom. The molecule has 0 fully saturated rings. The van der Waals surface area contributed by atoms with Gasteiger partial charge in [0, 0.05) is 29.8 Å². The van der Waals surface area contributed by atoms with Gasteiger partial charge in [-0.3, -0.25) is 4.68 Å². The molecule has 0 saturated heterocycles. The third-order valence-corrected chi connectivity index (χ3v) is 2.95. The van der Waals surface area contributed by atoms with E-state index in [-0.39, 0.29) is 5.54 Å². The van der Waals surface area contributed by atoms with Gasteiger partial charge in [0.1, 0.15) is 0 Å². The Balaban J connectivity index is 2.76. The average Bonchev–Trinajstić information content (AvgIpc) is 2.51. The fourth-order valence-electron chi connectivity index (χ4n) is 1.85. The molecule has 0 aliphatic rings. The molecule has 0 aliphatic heterocycles. The molecule has 1 aromatic rings. The van der Waals surface area contributed by atoms with E-state index in [4.69, 9.17) is 0 Å². The summed E-state index contributed by atoms with van der Waals surface area (Å²) in [4.78, 5) is 0. The van der Waals surface area contributed by atoms with Gasteiger partial charge < -0.3 is 5.32 Å². The maximum atomic E-state index is 4.59. The molecular weight excluding hydrogens is 222 g/mol. The lowest BCUT2D eigenvalue weighted by Gasteiger charge is -2.20. The number of rotatable bonds is 4. The van der Waals surface area contributed by atoms with Crippen molar-refractivity contribution in [3.63, 3.8) is 0 Å². The maximum Gasteiger partial charge on any atom is 0.0641 e. The second-order valence-corrected chi connectivity index (χ2v) is 5.65.